The summed E-state index contributed by atoms with van der Waals surface area (Å²) in [7, 11) is 1.22. The zero-order valence-corrected chi connectivity index (χ0v) is 23.9. The van der Waals surface area contributed by atoms with Crippen molar-refractivity contribution in [3.8, 4) is 5.75 Å². The number of unbranched alkanes of at least 4 members (excludes halogenated alkanes) is 1. The van der Waals surface area contributed by atoms with Crippen LogP contribution in [0.4, 0.5) is 19.3 Å². The molecule has 2 aromatic heterocycles. The van der Waals surface area contributed by atoms with Crippen LogP contribution in [0.5, 0.6) is 5.75 Å². The summed E-state index contributed by atoms with van der Waals surface area (Å²) in [6.45, 7) is 0.0902. The number of hydrogen-bond donors (Lipinski definition) is 3. The van der Waals surface area contributed by atoms with Crippen molar-refractivity contribution in [1.82, 2.24) is 9.55 Å². The van der Waals surface area contributed by atoms with Gasteiger partial charge in [-0.15, -0.1) is 11.3 Å². The minimum atomic E-state index is -0.745. The van der Waals surface area contributed by atoms with Gasteiger partial charge in [-0.25, -0.2) is 18.6 Å². The van der Waals surface area contributed by atoms with Gasteiger partial charge in [-0.3, -0.25) is 14.4 Å². The molecular formula is C29H29F2N5O6S. The van der Waals surface area contributed by atoms with E-state index in [1.165, 1.54) is 47.3 Å². The standard InChI is InChI=1S/C27H24F2N4O4S.C2H5NO2/c28-18-12-11-17(19(29)14-18)16-37-22-8-4-6-20-26(22)38-25(32-20)15-33-13-5-7-21(27(33)36)31-24(35)10-3-1-2-9-23(30)34;1-5-2(3)4/h2,4-9,11-14H,1,3,10,15-16H2,(H2,30,34)(H,31,35);1H3,(H2,3,4)/b9-2+;. The van der Waals surface area contributed by atoms with Crippen LogP contribution >= 0.6 is 11.3 Å². The van der Waals surface area contributed by atoms with Crippen molar-refractivity contribution in [2.45, 2.75) is 32.4 Å². The molecule has 0 radical (unpaired) electrons. The highest BCUT2D eigenvalue weighted by Crippen LogP contribution is 2.32. The van der Waals surface area contributed by atoms with E-state index in [-0.39, 0.29) is 42.3 Å². The van der Waals surface area contributed by atoms with Gasteiger partial charge in [0.25, 0.3) is 5.56 Å². The summed E-state index contributed by atoms with van der Waals surface area (Å²) >= 11 is 1.33. The van der Waals surface area contributed by atoms with Crippen LogP contribution in [0.25, 0.3) is 10.2 Å². The molecule has 0 aliphatic rings. The SMILES string of the molecule is COC(N)=O.NC(=O)/C=C/CCCC(=O)Nc1cccn(Cc2nc3cccc(OCc4ccc(F)cc4F)c3s2)c1=O. The number of anilines is 1. The lowest BCUT2D eigenvalue weighted by Crippen LogP contribution is -2.25. The number of ether oxygens (including phenoxy) is 2. The summed E-state index contributed by atoms with van der Waals surface area (Å²) in [6.07, 6.45) is 4.90. The fourth-order valence-corrected chi connectivity index (χ4v) is 4.67. The average molecular weight is 614 g/mol. The molecule has 0 aliphatic carbocycles. The first-order valence-electron chi connectivity index (χ1n) is 12.8. The smallest absolute Gasteiger partial charge is 0.404 e. The fraction of sp³-hybridized carbons (Fsp3) is 0.207. The second-order valence-corrected chi connectivity index (χ2v) is 9.94. The molecular weight excluding hydrogens is 584 g/mol. The molecule has 4 rings (SSSR count). The minimum absolute atomic E-state index is 0.0822. The van der Waals surface area contributed by atoms with E-state index in [9.17, 15) is 28.0 Å². The summed E-state index contributed by atoms with van der Waals surface area (Å²) in [5.41, 5.74) is 10.1. The van der Waals surface area contributed by atoms with Crippen LogP contribution < -0.4 is 27.1 Å². The maximum Gasteiger partial charge on any atom is 0.404 e. The number of allylic oxidation sites excluding steroid dienone is 1. The Bertz CT molecular complexity index is 1690. The largest absolute Gasteiger partial charge is 0.487 e. The lowest BCUT2D eigenvalue weighted by Gasteiger charge is -2.08. The van der Waals surface area contributed by atoms with Gasteiger partial charge in [-0.1, -0.05) is 12.1 Å². The van der Waals surface area contributed by atoms with Gasteiger partial charge in [0.1, 0.15) is 34.7 Å². The summed E-state index contributed by atoms with van der Waals surface area (Å²) < 4.78 is 39.0. The first-order valence-corrected chi connectivity index (χ1v) is 13.6. The van der Waals surface area contributed by atoms with Crippen molar-refractivity contribution in [2.24, 2.45) is 11.5 Å². The molecule has 43 heavy (non-hydrogen) atoms. The van der Waals surface area contributed by atoms with Crippen molar-refractivity contribution < 1.29 is 32.6 Å². The molecule has 3 amide bonds. The van der Waals surface area contributed by atoms with E-state index in [1.54, 1.807) is 36.5 Å². The van der Waals surface area contributed by atoms with Crippen molar-refractivity contribution >= 4 is 45.1 Å². The maximum atomic E-state index is 14.0. The molecule has 5 N–H and O–H groups in total. The number of nitrogens with two attached hydrogens (primary N) is 2. The van der Waals surface area contributed by atoms with Crippen molar-refractivity contribution in [3.05, 3.63) is 99.4 Å². The quantitative estimate of drug-likeness (QED) is 0.168. The number of hydrogen-bond acceptors (Lipinski definition) is 8. The highest BCUT2D eigenvalue weighted by Gasteiger charge is 2.13. The third-order valence-electron chi connectivity index (χ3n) is 5.68. The number of halogens is 2. The summed E-state index contributed by atoms with van der Waals surface area (Å²) in [5.74, 6) is -1.71. The summed E-state index contributed by atoms with van der Waals surface area (Å²) in [4.78, 5) is 49.8. The number of amides is 3. The third-order valence-corrected chi connectivity index (χ3v) is 6.75. The topological polar surface area (TPSA) is 169 Å². The van der Waals surface area contributed by atoms with E-state index < -0.39 is 23.6 Å². The van der Waals surface area contributed by atoms with E-state index >= 15 is 0 Å². The molecule has 0 saturated heterocycles. The fourth-order valence-electron chi connectivity index (χ4n) is 3.64. The number of aromatic nitrogens is 2. The molecule has 0 unspecified atom stereocenters. The van der Waals surface area contributed by atoms with Crippen LogP contribution in [0.15, 0.2) is 71.7 Å². The molecule has 11 nitrogen and oxygen atoms in total. The van der Waals surface area contributed by atoms with Crippen LogP contribution in [0, 0.1) is 11.6 Å². The van der Waals surface area contributed by atoms with E-state index in [0.29, 0.717) is 29.1 Å². The van der Waals surface area contributed by atoms with Gasteiger partial charge in [0.2, 0.25) is 11.8 Å². The summed E-state index contributed by atoms with van der Waals surface area (Å²) in [6, 6.07) is 11.8. The second kappa shape index (κ2) is 15.8. The molecule has 0 saturated carbocycles. The Labute approximate surface area is 248 Å². The number of nitrogens with zero attached hydrogens (tertiary/aromatic N) is 2. The van der Waals surface area contributed by atoms with Crippen LogP contribution in [0.2, 0.25) is 0 Å². The van der Waals surface area contributed by atoms with Crippen LogP contribution in [-0.4, -0.2) is 34.6 Å². The summed E-state index contributed by atoms with van der Waals surface area (Å²) in [5, 5.41) is 3.27. The number of carbonyl (C=O) groups excluding carboxylic acids is 3. The lowest BCUT2D eigenvalue weighted by molar-refractivity contribution is -0.116. The number of nitrogens with one attached hydrogen (secondary N) is 1. The van der Waals surface area contributed by atoms with Gasteiger partial charge in [-0.2, -0.15) is 0 Å². The number of methoxy groups -OCH3 is 1. The predicted molar refractivity (Wildman–Crippen MR) is 158 cm³/mol. The number of pyridine rings is 1. The number of rotatable bonds is 11. The zero-order valence-electron chi connectivity index (χ0n) is 23.0. The number of primary amides is 2. The Morgan fingerprint density at radius 1 is 1.12 bits per heavy atom. The molecule has 2 heterocycles. The molecule has 0 atom stereocenters. The van der Waals surface area contributed by atoms with Crippen molar-refractivity contribution in [1.29, 1.82) is 0 Å². The Kier molecular flexibility index (Phi) is 11.9. The first kappa shape index (κ1) is 32.4. The van der Waals surface area contributed by atoms with E-state index in [2.05, 4.69) is 20.8 Å². The predicted octanol–water partition coefficient (Wildman–Crippen LogP) is 4.23. The molecule has 14 heteroatoms. The Balaban J connectivity index is 0.000000934. The Morgan fingerprint density at radius 2 is 1.88 bits per heavy atom. The monoisotopic (exact) mass is 613 g/mol. The third kappa shape index (κ3) is 10.0. The molecule has 226 valence electrons. The van der Waals surface area contributed by atoms with Crippen molar-refractivity contribution in [2.75, 3.05) is 12.4 Å². The number of thiazole rings is 1. The average Bonchev–Trinajstić information content (AvgIpc) is 3.38. The van der Waals surface area contributed by atoms with Crippen molar-refractivity contribution in [3.63, 3.8) is 0 Å². The van der Waals surface area contributed by atoms with Gasteiger partial charge in [0, 0.05) is 24.2 Å². The van der Waals surface area contributed by atoms with Gasteiger partial charge >= 0.3 is 6.09 Å². The van der Waals surface area contributed by atoms with Gasteiger partial charge in [0.05, 0.1) is 23.9 Å². The van der Waals surface area contributed by atoms with Crippen LogP contribution in [0.1, 0.15) is 29.8 Å². The molecule has 2 aromatic carbocycles. The lowest BCUT2D eigenvalue weighted by atomic mass is 10.2. The molecule has 0 spiro atoms. The van der Waals surface area contributed by atoms with Gasteiger partial charge in [-0.05, 0) is 55.3 Å². The normalized spacial score (nSPS) is 10.7. The minimum Gasteiger partial charge on any atom is -0.487 e. The zero-order chi connectivity index (χ0) is 31.4. The number of carbonyl (C=O) groups is 3. The number of fused-ring (bicyclic) bond motifs is 1. The second-order valence-electron chi connectivity index (χ2n) is 8.86. The highest BCUT2D eigenvalue weighted by molar-refractivity contribution is 7.19. The van der Waals surface area contributed by atoms with Crippen LogP contribution in [-0.2, 0) is 27.5 Å². The molecule has 0 aliphatic heterocycles. The van der Waals surface area contributed by atoms with Gasteiger partial charge in [0.15, 0.2) is 0 Å². The first-order chi connectivity index (χ1) is 20.6. The van der Waals surface area contributed by atoms with Crippen LogP contribution in [0.3, 0.4) is 0 Å². The van der Waals surface area contributed by atoms with E-state index in [1.807, 2.05) is 0 Å². The van der Waals surface area contributed by atoms with Gasteiger partial charge < -0.3 is 30.8 Å². The molecule has 4 aromatic rings. The van der Waals surface area contributed by atoms with E-state index in [0.717, 1.165) is 10.8 Å². The Morgan fingerprint density at radius 3 is 2.58 bits per heavy atom. The van der Waals surface area contributed by atoms with E-state index in [4.69, 9.17) is 10.5 Å². The Hall–Kier alpha value is -5.11. The highest BCUT2D eigenvalue weighted by atomic mass is 32.1. The molecule has 0 fully saturated rings. The number of benzene rings is 2. The maximum absolute atomic E-state index is 14.0. The molecule has 0 bridgehead atoms.